The zero-order valence-corrected chi connectivity index (χ0v) is 14.5. The summed E-state index contributed by atoms with van der Waals surface area (Å²) in [5.74, 6) is -23.9. The van der Waals surface area contributed by atoms with Gasteiger partial charge in [-0.25, -0.2) is 48.9 Å². The van der Waals surface area contributed by atoms with E-state index < -0.39 is 92.7 Å². The second-order valence-electron chi connectivity index (χ2n) is 5.93. The summed E-state index contributed by atoms with van der Waals surface area (Å²) in [5, 5.41) is 8.83. The molecule has 0 fully saturated rings. The number of hydrogen-bond donors (Lipinski definition) is 0. The predicted molar refractivity (Wildman–Crippen MR) is 84.0 cm³/mol. The molecule has 0 radical (unpaired) electrons. The molecule has 0 saturated carbocycles. The molecule has 0 amide bonds. The molecule has 31 heavy (non-hydrogen) atoms. The third-order valence-corrected chi connectivity index (χ3v) is 4.16. The average Bonchev–Trinajstić information content (AvgIpc) is 2.75. The summed E-state index contributed by atoms with van der Waals surface area (Å²) >= 11 is 0. The van der Waals surface area contributed by atoms with Crippen molar-refractivity contribution in [2.45, 2.75) is 6.42 Å². The number of hydrogen-bond acceptors (Lipinski definition) is 2. The second kappa shape index (κ2) is 7.90. The van der Waals surface area contributed by atoms with Gasteiger partial charge in [-0.15, -0.1) is 0 Å². The molecule has 1 heterocycles. The molecule has 0 spiro atoms. The highest BCUT2D eigenvalue weighted by Crippen LogP contribution is 2.36. The minimum absolute atomic E-state index is 0.446. The zero-order valence-electron chi connectivity index (χ0n) is 14.5. The Hall–Kier alpha value is -3.62. The molecule has 1 aromatic heterocycles. The van der Waals surface area contributed by atoms with Crippen LogP contribution in [0.15, 0.2) is 12.1 Å². The monoisotopic (exact) mass is 450 g/mol. The predicted octanol–water partition coefficient (Wildman–Crippen LogP) is 5.87. The summed E-state index contributed by atoms with van der Waals surface area (Å²) in [6, 6.07) is 2.93. The van der Waals surface area contributed by atoms with Crippen molar-refractivity contribution in [2.24, 2.45) is 0 Å². The van der Waals surface area contributed by atoms with Crippen LogP contribution in [0.1, 0.15) is 5.56 Å². The molecular formula is C19H4F10N2. The second-order valence-corrected chi connectivity index (χ2v) is 5.93. The Balaban J connectivity index is 2.42. The Morgan fingerprint density at radius 2 is 0.968 bits per heavy atom. The molecule has 2 nitrogen and oxygen atoms in total. The summed E-state index contributed by atoms with van der Waals surface area (Å²) in [4.78, 5) is 3.38. The first-order valence-electron chi connectivity index (χ1n) is 7.93. The minimum atomic E-state index is -2.50. The molecule has 0 N–H and O–H groups in total. The lowest BCUT2D eigenvalue weighted by atomic mass is 9.99. The fraction of sp³-hybridized carbons (Fsp3) is 0.0526. The van der Waals surface area contributed by atoms with Gasteiger partial charge >= 0.3 is 0 Å². The van der Waals surface area contributed by atoms with Crippen molar-refractivity contribution in [2.75, 3.05) is 0 Å². The quantitative estimate of drug-likeness (QED) is 0.284. The number of rotatable bonds is 3. The highest BCUT2D eigenvalue weighted by atomic mass is 19.2. The van der Waals surface area contributed by atoms with E-state index in [0.29, 0.717) is 6.07 Å². The number of halogens is 10. The molecule has 0 unspecified atom stereocenters. The van der Waals surface area contributed by atoms with Gasteiger partial charge in [-0.2, -0.15) is 5.26 Å². The van der Waals surface area contributed by atoms with Crippen molar-refractivity contribution in [1.82, 2.24) is 4.98 Å². The number of nitrogens with zero attached hydrogens (tertiary/aromatic N) is 2. The van der Waals surface area contributed by atoms with E-state index in [4.69, 9.17) is 5.26 Å². The highest BCUT2D eigenvalue weighted by Gasteiger charge is 2.31. The summed E-state index contributed by atoms with van der Waals surface area (Å²) in [7, 11) is 0. The normalized spacial score (nSPS) is 11.0. The molecule has 160 valence electrons. The summed E-state index contributed by atoms with van der Waals surface area (Å²) in [5.41, 5.74) is -5.89. The van der Waals surface area contributed by atoms with Crippen molar-refractivity contribution in [3.05, 3.63) is 75.9 Å². The summed E-state index contributed by atoms with van der Waals surface area (Å²) in [6.45, 7) is 0. The van der Waals surface area contributed by atoms with Crippen LogP contribution >= 0.6 is 0 Å². The molecule has 0 saturated heterocycles. The van der Waals surface area contributed by atoms with E-state index in [9.17, 15) is 43.9 Å². The maximum atomic E-state index is 14.2. The molecule has 0 aliphatic rings. The van der Waals surface area contributed by atoms with Crippen molar-refractivity contribution in [1.29, 1.82) is 5.26 Å². The smallest absolute Gasteiger partial charge is 0.200 e. The first-order valence-corrected chi connectivity index (χ1v) is 7.93. The molecule has 0 atom stereocenters. The standard InChI is InChI=1S/C19H4F10N2/c20-9-7(10(21)14(25)17(28)13(9)24)6-2-1-5(3-4-30)19(31-6)8-11(22)15(26)18(29)16(27)12(8)23/h1-2H,3H2. The van der Waals surface area contributed by atoms with Gasteiger partial charge in [-0.3, -0.25) is 0 Å². The van der Waals surface area contributed by atoms with Crippen LogP contribution in [0.4, 0.5) is 43.9 Å². The van der Waals surface area contributed by atoms with Crippen LogP contribution in [0.3, 0.4) is 0 Å². The minimum Gasteiger partial charge on any atom is -0.247 e. The number of nitriles is 1. The first-order chi connectivity index (χ1) is 14.5. The summed E-state index contributed by atoms with van der Waals surface area (Å²) < 4.78 is 137. The van der Waals surface area contributed by atoms with E-state index in [2.05, 4.69) is 4.98 Å². The maximum Gasteiger partial charge on any atom is 0.200 e. The maximum absolute atomic E-state index is 14.2. The van der Waals surface area contributed by atoms with E-state index in [1.807, 2.05) is 0 Å². The van der Waals surface area contributed by atoms with Crippen LogP contribution in [-0.4, -0.2) is 4.98 Å². The van der Waals surface area contributed by atoms with Gasteiger partial charge in [0, 0.05) is 0 Å². The van der Waals surface area contributed by atoms with Gasteiger partial charge in [-0.1, -0.05) is 6.07 Å². The van der Waals surface area contributed by atoms with Crippen LogP contribution in [0, 0.1) is 69.5 Å². The van der Waals surface area contributed by atoms with Crippen LogP contribution in [0.25, 0.3) is 22.5 Å². The number of pyridine rings is 1. The Bertz CT molecular complexity index is 1220. The van der Waals surface area contributed by atoms with Gasteiger partial charge in [0.15, 0.2) is 46.5 Å². The van der Waals surface area contributed by atoms with Crippen LogP contribution in [0.5, 0.6) is 0 Å². The first kappa shape index (κ1) is 22.1. The number of benzene rings is 2. The lowest BCUT2D eigenvalue weighted by Gasteiger charge is -2.14. The van der Waals surface area contributed by atoms with E-state index in [0.717, 1.165) is 6.07 Å². The Morgan fingerprint density at radius 1 is 0.581 bits per heavy atom. The van der Waals surface area contributed by atoms with Crippen molar-refractivity contribution in [3.63, 3.8) is 0 Å². The van der Waals surface area contributed by atoms with Crippen molar-refractivity contribution >= 4 is 0 Å². The molecule has 2 aromatic carbocycles. The Morgan fingerprint density at radius 3 is 1.39 bits per heavy atom. The van der Waals surface area contributed by atoms with Crippen LogP contribution in [-0.2, 0) is 6.42 Å². The SMILES string of the molecule is N#CCc1ccc(-c2c(F)c(F)c(F)c(F)c2F)nc1-c1c(F)c(F)c(F)c(F)c1F. The molecule has 0 bridgehead atoms. The van der Waals surface area contributed by atoms with E-state index >= 15 is 0 Å². The molecule has 0 aliphatic heterocycles. The topological polar surface area (TPSA) is 36.7 Å². The number of aromatic nitrogens is 1. The fourth-order valence-electron chi connectivity index (χ4n) is 2.71. The van der Waals surface area contributed by atoms with Gasteiger partial charge in [0.1, 0.15) is 0 Å². The van der Waals surface area contributed by atoms with Gasteiger partial charge < -0.3 is 0 Å². The third-order valence-electron chi connectivity index (χ3n) is 4.16. The zero-order chi connectivity index (χ0) is 23.2. The van der Waals surface area contributed by atoms with E-state index in [1.165, 1.54) is 6.07 Å². The third kappa shape index (κ3) is 3.35. The lowest BCUT2D eigenvalue weighted by molar-refractivity contribution is 0.380. The summed E-state index contributed by atoms with van der Waals surface area (Å²) in [6.07, 6.45) is -0.709. The molecule has 12 heteroatoms. The van der Waals surface area contributed by atoms with Crippen molar-refractivity contribution < 1.29 is 43.9 Å². The Kier molecular flexibility index (Phi) is 5.62. The lowest BCUT2D eigenvalue weighted by Crippen LogP contribution is -2.08. The molecule has 3 rings (SSSR count). The fourth-order valence-corrected chi connectivity index (χ4v) is 2.71. The van der Waals surface area contributed by atoms with Crippen LogP contribution in [0.2, 0.25) is 0 Å². The van der Waals surface area contributed by atoms with E-state index in [1.54, 1.807) is 0 Å². The van der Waals surface area contributed by atoms with Gasteiger partial charge in [0.2, 0.25) is 11.6 Å². The van der Waals surface area contributed by atoms with E-state index in [-0.39, 0.29) is 0 Å². The van der Waals surface area contributed by atoms with Crippen molar-refractivity contribution in [3.8, 4) is 28.6 Å². The average molecular weight is 450 g/mol. The van der Waals surface area contributed by atoms with Gasteiger partial charge in [-0.05, 0) is 11.6 Å². The molecule has 3 aromatic rings. The molecular weight excluding hydrogens is 446 g/mol. The Labute approximate surface area is 166 Å². The van der Waals surface area contributed by atoms with Crippen LogP contribution < -0.4 is 0 Å². The largest absolute Gasteiger partial charge is 0.247 e. The highest BCUT2D eigenvalue weighted by molar-refractivity contribution is 5.71. The van der Waals surface area contributed by atoms with Gasteiger partial charge in [0.25, 0.3) is 0 Å². The molecule has 0 aliphatic carbocycles. The van der Waals surface area contributed by atoms with Gasteiger partial charge in [0.05, 0.1) is 35.0 Å².